The fourth-order valence-corrected chi connectivity index (χ4v) is 2.68. The summed E-state index contributed by atoms with van der Waals surface area (Å²) in [4.78, 5) is 23.8. The van der Waals surface area contributed by atoms with Crippen LogP contribution in [-0.4, -0.2) is 39.2 Å². The molecule has 0 N–H and O–H groups in total. The zero-order valence-electron chi connectivity index (χ0n) is 13.7. The monoisotopic (exact) mass is 322 g/mol. The zero-order valence-corrected chi connectivity index (χ0v) is 13.7. The second-order valence-electron chi connectivity index (χ2n) is 5.40. The van der Waals surface area contributed by atoms with E-state index >= 15 is 0 Å². The van der Waals surface area contributed by atoms with Crippen molar-refractivity contribution in [1.82, 2.24) is 0 Å². The molecule has 0 heterocycles. The minimum atomic E-state index is -0.599. The van der Waals surface area contributed by atoms with Gasteiger partial charge in [-0.25, -0.2) is 0 Å². The van der Waals surface area contributed by atoms with E-state index in [-0.39, 0.29) is 12.2 Å². The minimum absolute atomic E-state index is 0.00879. The number of benzene rings is 1. The number of rotatable bonds is 6. The van der Waals surface area contributed by atoms with Crippen molar-refractivity contribution in [3.05, 3.63) is 17.7 Å². The van der Waals surface area contributed by atoms with Gasteiger partial charge in [0.1, 0.15) is 0 Å². The summed E-state index contributed by atoms with van der Waals surface area (Å²) >= 11 is 0. The van der Waals surface area contributed by atoms with Crippen molar-refractivity contribution in [2.45, 2.75) is 38.2 Å². The van der Waals surface area contributed by atoms with Crippen molar-refractivity contribution in [2.75, 3.05) is 21.3 Å². The number of carbonyl (C=O) groups excluding carboxylic acids is 2. The summed E-state index contributed by atoms with van der Waals surface area (Å²) in [6.45, 7) is 0. The maximum absolute atomic E-state index is 12.1. The van der Waals surface area contributed by atoms with Gasteiger partial charge < -0.3 is 18.9 Å². The van der Waals surface area contributed by atoms with Gasteiger partial charge in [-0.3, -0.25) is 9.59 Å². The molecule has 2 rings (SSSR count). The highest BCUT2D eigenvalue weighted by molar-refractivity contribution is 5.86. The Morgan fingerprint density at radius 2 is 1.74 bits per heavy atom. The quantitative estimate of drug-likeness (QED) is 0.749. The Kier molecular flexibility index (Phi) is 5.84. The van der Waals surface area contributed by atoms with Crippen molar-refractivity contribution in [3.63, 3.8) is 0 Å². The van der Waals surface area contributed by atoms with E-state index in [1.54, 1.807) is 12.1 Å². The first-order valence-electron chi connectivity index (χ1n) is 7.60. The van der Waals surface area contributed by atoms with Gasteiger partial charge in [-0.15, -0.1) is 0 Å². The van der Waals surface area contributed by atoms with Crippen LogP contribution >= 0.6 is 0 Å². The Labute approximate surface area is 135 Å². The molecule has 1 aliphatic rings. The van der Waals surface area contributed by atoms with Gasteiger partial charge in [0.2, 0.25) is 5.75 Å². The van der Waals surface area contributed by atoms with Gasteiger partial charge in [-0.2, -0.15) is 0 Å². The third kappa shape index (κ3) is 4.15. The number of hydrogen-bond donors (Lipinski definition) is 0. The molecule has 1 aromatic carbocycles. The van der Waals surface area contributed by atoms with Crippen LogP contribution in [0.25, 0.3) is 0 Å². The van der Waals surface area contributed by atoms with E-state index in [0.717, 1.165) is 12.8 Å². The van der Waals surface area contributed by atoms with E-state index in [9.17, 15) is 9.59 Å². The number of Topliss-reactive ketones (excluding diaryl/α,β-unsaturated/α-hetero) is 1. The van der Waals surface area contributed by atoms with Gasteiger partial charge in [-0.1, -0.05) is 0 Å². The van der Waals surface area contributed by atoms with Gasteiger partial charge >= 0.3 is 5.97 Å². The molecular formula is C17H22O6. The van der Waals surface area contributed by atoms with Crippen LogP contribution in [-0.2, 0) is 20.7 Å². The van der Waals surface area contributed by atoms with Crippen LogP contribution in [0.4, 0.5) is 0 Å². The van der Waals surface area contributed by atoms with E-state index < -0.39 is 12.1 Å². The largest absolute Gasteiger partial charge is 0.493 e. The average Bonchev–Trinajstić information content (AvgIpc) is 2.55. The minimum Gasteiger partial charge on any atom is -0.493 e. The number of carbonyl (C=O) groups is 2. The van der Waals surface area contributed by atoms with Crippen molar-refractivity contribution in [2.24, 2.45) is 0 Å². The maximum Gasteiger partial charge on any atom is 0.310 e. The first-order chi connectivity index (χ1) is 11.1. The molecule has 6 heteroatoms. The molecule has 1 atom stereocenters. The SMILES string of the molecule is COc1cc(CC(=O)O[C@@H]2CCCCC2=O)cc(OC)c1OC. The topological polar surface area (TPSA) is 71.1 Å². The summed E-state index contributed by atoms with van der Waals surface area (Å²) in [6, 6.07) is 3.40. The van der Waals surface area contributed by atoms with Crippen molar-refractivity contribution in [3.8, 4) is 17.2 Å². The van der Waals surface area contributed by atoms with Gasteiger partial charge in [0.05, 0.1) is 27.8 Å². The van der Waals surface area contributed by atoms with Gasteiger partial charge in [0, 0.05) is 6.42 Å². The fourth-order valence-electron chi connectivity index (χ4n) is 2.68. The Hall–Kier alpha value is -2.24. The molecule has 0 aromatic heterocycles. The standard InChI is InChI=1S/C17H22O6/c1-20-14-8-11(9-15(21-2)17(14)22-3)10-16(19)23-13-7-5-4-6-12(13)18/h8-9,13H,4-7,10H2,1-3H3/t13-/m1/s1. The number of esters is 1. The van der Waals surface area contributed by atoms with Crippen LogP contribution in [0.5, 0.6) is 17.2 Å². The highest BCUT2D eigenvalue weighted by atomic mass is 16.5. The maximum atomic E-state index is 12.1. The summed E-state index contributed by atoms with van der Waals surface area (Å²) in [6.07, 6.45) is 2.33. The lowest BCUT2D eigenvalue weighted by atomic mass is 9.96. The lowest BCUT2D eigenvalue weighted by Crippen LogP contribution is -2.30. The van der Waals surface area contributed by atoms with Crippen molar-refractivity contribution >= 4 is 11.8 Å². The van der Waals surface area contributed by atoms with Crippen LogP contribution in [0.2, 0.25) is 0 Å². The summed E-state index contributed by atoms with van der Waals surface area (Å²) < 4.78 is 21.1. The van der Waals surface area contributed by atoms with Crippen molar-refractivity contribution in [1.29, 1.82) is 0 Å². The predicted molar refractivity (Wildman–Crippen MR) is 83.2 cm³/mol. The summed E-state index contributed by atoms with van der Waals surface area (Å²) in [5.74, 6) is 0.996. The van der Waals surface area contributed by atoms with E-state index in [1.165, 1.54) is 21.3 Å². The molecule has 0 saturated heterocycles. The highest BCUT2D eigenvalue weighted by Crippen LogP contribution is 2.38. The zero-order chi connectivity index (χ0) is 16.8. The van der Waals surface area contributed by atoms with Crippen LogP contribution < -0.4 is 14.2 Å². The Bertz CT molecular complexity index is 555. The summed E-state index contributed by atoms with van der Waals surface area (Å²) in [5, 5.41) is 0. The predicted octanol–water partition coefficient (Wildman–Crippen LogP) is 2.31. The van der Waals surface area contributed by atoms with Gasteiger partial charge in [0.25, 0.3) is 0 Å². The number of ether oxygens (including phenoxy) is 4. The number of methoxy groups -OCH3 is 3. The fraction of sp³-hybridized carbons (Fsp3) is 0.529. The molecule has 0 radical (unpaired) electrons. The summed E-state index contributed by atoms with van der Waals surface area (Å²) in [7, 11) is 4.54. The molecule has 1 aliphatic carbocycles. The van der Waals surface area contributed by atoms with Crippen LogP contribution in [0, 0.1) is 0 Å². The van der Waals surface area contributed by atoms with E-state index in [1.807, 2.05) is 0 Å². The molecule has 1 aromatic rings. The van der Waals surface area contributed by atoms with Gasteiger partial charge in [0.15, 0.2) is 23.4 Å². The molecule has 23 heavy (non-hydrogen) atoms. The lowest BCUT2D eigenvalue weighted by Gasteiger charge is -2.21. The van der Waals surface area contributed by atoms with E-state index in [0.29, 0.717) is 35.7 Å². The molecule has 0 amide bonds. The number of ketones is 1. The third-order valence-corrected chi connectivity index (χ3v) is 3.85. The molecule has 1 saturated carbocycles. The Balaban J connectivity index is 2.09. The lowest BCUT2D eigenvalue weighted by molar-refractivity contribution is -0.156. The van der Waals surface area contributed by atoms with E-state index in [2.05, 4.69) is 0 Å². The molecule has 0 unspecified atom stereocenters. The van der Waals surface area contributed by atoms with E-state index in [4.69, 9.17) is 18.9 Å². The Morgan fingerprint density at radius 3 is 2.26 bits per heavy atom. The smallest absolute Gasteiger partial charge is 0.310 e. The van der Waals surface area contributed by atoms with Crippen LogP contribution in [0.1, 0.15) is 31.2 Å². The second-order valence-corrected chi connectivity index (χ2v) is 5.40. The molecule has 6 nitrogen and oxygen atoms in total. The molecular weight excluding hydrogens is 300 g/mol. The first-order valence-corrected chi connectivity index (χ1v) is 7.60. The third-order valence-electron chi connectivity index (χ3n) is 3.85. The summed E-state index contributed by atoms with van der Waals surface area (Å²) in [5.41, 5.74) is 0.674. The average molecular weight is 322 g/mol. The molecule has 0 spiro atoms. The molecule has 0 aliphatic heterocycles. The number of hydrogen-bond acceptors (Lipinski definition) is 6. The molecule has 0 bridgehead atoms. The van der Waals surface area contributed by atoms with Crippen molar-refractivity contribution < 1.29 is 28.5 Å². The first kappa shape index (κ1) is 17.1. The molecule has 1 fully saturated rings. The van der Waals surface area contributed by atoms with Crippen LogP contribution in [0.3, 0.4) is 0 Å². The van der Waals surface area contributed by atoms with Gasteiger partial charge in [-0.05, 0) is 37.0 Å². The normalized spacial score (nSPS) is 17.5. The Morgan fingerprint density at radius 1 is 1.09 bits per heavy atom. The molecule has 126 valence electrons. The van der Waals surface area contributed by atoms with Crippen LogP contribution in [0.15, 0.2) is 12.1 Å². The highest BCUT2D eigenvalue weighted by Gasteiger charge is 2.26. The second kappa shape index (κ2) is 7.85.